The van der Waals surface area contributed by atoms with Crippen LogP contribution in [-0.2, 0) is 4.79 Å². The first kappa shape index (κ1) is 16.5. The van der Waals surface area contributed by atoms with E-state index in [1.807, 2.05) is 13.0 Å². The number of benzene rings is 2. The van der Waals surface area contributed by atoms with Crippen LogP contribution in [-0.4, -0.2) is 18.5 Å². The lowest BCUT2D eigenvalue weighted by atomic mass is 10.2. The SMILES string of the molecule is CCCOc1ccccc1OC(=O)c1ccc(NC(C)=O)cc1. The first-order valence-electron chi connectivity index (χ1n) is 7.42. The van der Waals surface area contributed by atoms with Gasteiger partial charge in [-0.3, -0.25) is 4.79 Å². The number of anilines is 1. The Bertz CT molecular complexity index is 680. The third-order valence-corrected chi connectivity index (χ3v) is 2.95. The number of ether oxygens (including phenoxy) is 2. The lowest BCUT2D eigenvalue weighted by Gasteiger charge is -2.11. The first-order valence-corrected chi connectivity index (χ1v) is 7.42. The molecule has 2 aromatic rings. The van der Waals surface area contributed by atoms with E-state index in [4.69, 9.17) is 9.47 Å². The maximum absolute atomic E-state index is 12.2. The van der Waals surface area contributed by atoms with Gasteiger partial charge in [0.2, 0.25) is 5.91 Å². The Labute approximate surface area is 135 Å². The molecule has 23 heavy (non-hydrogen) atoms. The maximum atomic E-state index is 12.2. The standard InChI is InChI=1S/C18H19NO4/c1-3-12-22-16-6-4-5-7-17(16)23-18(21)14-8-10-15(11-9-14)19-13(2)20/h4-11H,3,12H2,1-2H3,(H,19,20). The largest absolute Gasteiger partial charge is 0.490 e. The highest BCUT2D eigenvalue weighted by molar-refractivity contribution is 5.93. The molecule has 5 nitrogen and oxygen atoms in total. The molecule has 0 saturated heterocycles. The molecule has 0 bridgehead atoms. The van der Waals surface area contributed by atoms with Crippen molar-refractivity contribution < 1.29 is 19.1 Å². The maximum Gasteiger partial charge on any atom is 0.343 e. The Hall–Kier alpha value is -2.82. The first-order chi connectivity index (χ1) is 11.1. The Kier molecular flexibility index (Phi) is 5.74. The summed E-state index contributed by atoms with van der Waals surface area (Å²) in [4.78, 5) is 23.2. The minimum Gasteiger partial charge on any atom is -0.490 e. The van der Waals surface area contributed by atoms with E-state index >= 15 is 0 Å². The van der Waals surface area contributed by atoms with Crippen molar-refractivity contribution in [1.82, 2.24) is 0 Å². The van der Waals surface area contributed by atoms with Crippen LogP contribution in [0.1, 0.15) is 30.6 Å². The van der Waals surface area contributed by atoms with Gasteiger partial charge in [0.15, 0.2) is 11.5 Å². The summed E-state index contributed by atoms with van der Waals surface area (Å²) >= 11 is 0. The van der Waals surface area contributed by atoms with E-state index in [1.54, 1.807) is 42.5 Å². The molecule has 0 aliphatic carbocycles. The second kappa shape index (κ2) is 7.98. The van der Waals surface area contributed by atoms with Crippen LogP contribution in [0, 0.1) is 0 Å². The lowest BCUT2D eigenvalue weighted by molar-refractivity contribution is -0.114. The van der Waals surface area contributed by atoms with Gasteiger partial charge in [0.25, 0.3) is 0 Å². The minimum absolute atomic E-state index is 0.165. The average molecular weight is 313 g/mol. The molecule has 0 aliphatic heterocycles. The fraction of sp³-hybridized carbons (Fsp3) is 0.222. The monoisotopic (exact) mass is 313 g/mol. The number of hydrogen-bond acceptors (Lipinski definition) is 4. The number of hydrogen-bond donors (Lipinski definition) is 1. The highest BCUT2D eigenvalue weighted by Gasteiger charge is 2.12. The Morgan fingerprint density at radius 1 is 1.00 bits per heavy atom. The number of amides is 1. The van der Waals surface area contributed by atoms with Crippen LogP contribution in [0.15, 0.2) is 48.5 Å². The zero-order valence-electron chi connectivity index (χ0n) is 13.2. The third-order valence-electron chi connectivity index (χ3n) is 2.95. The molecular formula is C18H19NO4. The fourth-order valence-corrected chi connectivity index (χ4v) is 1.92. The summed E-state index contributed by atoms with van der Waals surface area (Å²) in [6, 6.07) is 13.6. The van der Waals surface area contributed by atoms with Crippen LogP contribution in [0.3, 0.4) is 0 Å². The second-order valence-corrected chi connectivity index (χ2v) is 4.94. The number of carbonyl (C=O) groups excluding carboxylic acids is 2. The lowest BCUT2D eigenvalue weighted by Crippen LogP contribution is -2.10. The number of carbonyl (C=O) groups is 2. The predicted molar refractivity (Wildman–Crippen MR) is 87.9 cm³/mol. The van der Waals surface area contributed by atoms with E-state index in [0.29, 0.717) is 29.4 Å². The van der Waals surface area contributed by atoms with Crippen molar-refractivity contribution in [3.05, 3.63) is 54.1 Å². The van der Waals surface area contributed by atoms with Crippen molar-refractivity contribution >= 4 is 17.6 Å². The van der Waals surface area contributed by atoms with Crippen LogP contribution >= 0.6 is 0 Å². The molecule has 2 rings (SSSR count). The summed E-state index contributed by atoms with van der Waals surface area (Å²) in [7, 11) is 0. The predicted octanol–water partition coefficient (Wildman–Crippen LogP) is 3.65. The molecule has 0 aromatic heterocycles. The molecule has 1 N–H and O–H groups in total. The molecule has 0 spiro atoms. The van der Waals surface area contributed by atoms with Crippen molar-refractivity contribution in [1.29, 1.82) is 0 Å². The van der Waals surface area contributed by atoms with Gasteiger partial charge < -0.3 is 14.8 Å². The molecule has 0 aliphatic rings. The Morgan fingerprint density at radius 3 is 2.26 bits per heavy atom. The van der Waals surface area contributed by atoms with Gasteiger partial charge in [-0.15, -0.1) is 0 Å². The summed E-state index contributed by atoms with van der Waals surface area (Å²) in [6.45, 7) is 3.99. The van der Waals surface area contributed by atoms with E-state index in [-0.39, 0.29) is 5.91 Å². The van der Waals surface area contributed by atoms with E-state index < -0.39 is 5.97 Å². The van der Waals surface area contributed by atoms with Crippen molar-refractivity contribution in [3.63, 3.8) is 0 Å². The molecule has 0 radical (unpaired) electrons. The summed E-state index contributed by atoms with van der Waals surface area (Å²) in [5, 5.41) is 2.64. The minimum atomic E-state index is -0.480. The summed E-state index contributed by atoms with van der Waals surface area (Å²) < 4.78 is 11.0. The van der Waals surface area contributed by atoms with Crippen molar-refractivity contribution in [2.45, 2.75) is 20.3 Å². The van der Waals surface area contributed by atoms with Crippen molar-refractivity contribution in [3.8, 4) is 11.5 Å². The van der Waals surface area contributed by atoms with Gasteiger partial charge >= 0.3 is 5.97 Å². The van der Waals surface area contributed by atoms with E-state index in [0.717, 1.165) is 6.42 Å². The number of para-hydroxylation sites is 2. The van der Waals surface area contributed by atoms with Crippen LogP contribution < -0.4 is 14.8 Å². The van der Waals surface area contributed by atoms with Gasteiger partial charge in [0.05, 0.1) is 12.2 Å². The Morgan fingerprint density at radius 2 is 1.65 bits per heavy atom. The molecule has 0 fully saturated rings. The smallest absolute Gasteiger partial charge is 0.343 e. The van der Waals surface area contributed by atoms with E-state index in [1.165, 1.54) is 6.92 Å². The number of rotatable bonds is 6. The number of esters is 1. The molecule has 0 atom stereocenters. The molecule has 0 unspecified atom stereocenters. The normalized spacial score (nSPS) is 10.0. The van der Waals surface area contributed by atoms with Gasteiger partial charge in [-0.05, 0) is 42.8 Å². The van der Waals surface area contributed by atoms with Gasteiger partial charge in [-0.1, -0.05) is 19.1 Å². The van der Waals surface area contributed by atoms with Gasteiger partial charge in [-0.2, -0.15) is 0 Å². The molecular weight excluding hydrogens is 294 g/mol. The molecule has 0 saturated carbocycles. The van der Waals surface area contributed by atoms with Crippen LogP contribution in [0.2, 0.25) is 0 Å². The second-order valence-electron chi connectivity index (χ2n) is 4.94. The molecule has 0 heterocycles. The summed E-state index contributed by atoms with van der Waals surface area (Å²) in [6.07, 6.45) is 0.868. The zero-order valence-corrected chi connectivity index (χ0v) is 13.2. The summed E-state index contributed by atoms with van der Waals surface area (Å²) in [5.74, 6) is 0.281. The summed E-state index contributed by atoms with van der Waals surface area (Å²) in [5.41, 5.74) is 1.02. The Balaban J connectivity index is 2.08. The van der Waals surface area contributed by atoms with Crippen LogP contribution in [0.4, 0.5) is 5.69 Å². The highest BCUT2D eigenvalue weighted by atomic mass is 16.6. The van der Waals surface area contributed by atoms with Crippen LogP contribution in [0.25, 0.3) is 0 Å². The third kappa shape index (κ3) is 4.85. The average Bonchev–Trinajstić information content (AvgIpc) is 2.54. The van der Waals surface area contributed by atoms with Gasteiger partial charge in [0, 0.05) is 12.6 Å². The van der Waals surface area contributed by atoms with Crippen LogP contribution in [0.5, 0.6) is 11.5 Å². The molecule has 120 valence electrons. The van der Waals surface area contributed by atoms with Gasteiger partial charge in [0.1, 0.15) is 0 Å². The van der Waals surface area contributed by atoms with Gasteiger partial charge in [-0.25, -0.2) is 4.79 Å². The molecule has 2 aromatic carbocycles. The topological polar surface area (TPSA) is 64.6 Å². The quantitative estimate of drug-likeness (QED) is 0.653. The zero-order chi connectivity index (χ0) is 16.7. The highest BCUT2D eigenvalue weighted by Crippen LogP contribution is 2.27. The molecule has 1 amide bonds. The van der Waals surface area contributed by atoms with E-state index in [9.17, 15) is 9.59 Å². The fourth-order valence-electron chi connectivity index (χ4n) is 1.92. The van der Waals surface area contributed by atoms with E-state index in [2.05, 4.69) is 5.32 Å². The number of nitrogens with one attached hydrogen (secondary N) is 1. The van der Waals surface area contributed by atoms with Crippen molar-refractivity contribution in [2.75, 3.05) is 11.9 Å². The molecule has 5 heteroatoms. The van der Waals surface area contributed by atoms with Crippen molar-refractivity contribution in [2.24, 2.45) is 0 Å².